The SMILES string of the molecule is C=C(C)C(=O)OC(OCC(F)(F)S)(C(=O)NC1CCCCC1)C(F)(F)F. The number of thiol groups is 1. The smallest absolute Gasteiger partial charge is 0.412 e. The summed E-state index contributed by atoms with van der Waals surface area (Å²) in [6, 6.07) is -0.610. The molecule has 0 bridgehead atoms. The van der Waals surface area contributed by atoms with Crippen LogP contribution >= 0.6 is 12.6 Å². The van der Waals surface area contributed by atoms with Crippen molar-refractivity contribution in [2.24, 2.45) is 0 Å². The van der Waals surface area contributed by atoms with Crippen LogP contribution in [0, 0.1) is 0 Å². The molecule has 0 spiro atoms. The van der Waals surface area contributed by atoms with Crippen LogP contribution in [0.15, 0.2) is 12.2 Å². The first-order valence-corrected chi connectivity index (χ1v) is 8.24. The minimum Gasteiger partial charge on any atom is -0.412 e. The number of alkyl halides is 5. The predicted molar refractivity (Wildman–Crippen MR) is 84.6 cm³/mol. The van der Waals surface area contributed by atoms with Crippen molar-refractivity contribution in [3.05, 3.63) is 12.2 Å². The van der Waals surface area contributed by atoms with Crippen molar-refractivity contribution in [1.82, 2.24) is 5.32 Å². The third-order valence-electron chi connectivity index (χ3n) is 3.65. The molecule has 1 rings (SSSR count). The lowest BCUT2D eigenvalue weighted by atomic mass is 9.95. The van der Waals surface area contributed by atoms with Crippen LogP contribution in [-0.4, -0.2) is 41.7 Å². The molecule has 0 radical (unpaired) electrons. The normalized spacial score (nSPS) is 18.7. The van der Waals surface area contributed by atoms with Crippen molar-refractivity contribution in [2.45, 2.75) is 62.3 Å². The molecule has 1 saturated carbocycles. The molecule has 1 fully saturated rings. The van der Waals surface area contributed by atoms with E-state index in [4.69, 9.17) is 0 Å². The van der Waals surface area contributed by atoms with Gasteiger partial charge in [0.25, 0.3) is 0 Å². The van der Waals surface area contributed by atoms with Gasteiger partial charge in [-0.05, 0) is 19.8 Å². The number of esters is 1. The Morgan fingerprint density at radius 1 is 1.15 bits per heavy atom. The molecule has 1 aliphatic rings. The molecule has 5 nitrogen and oxygen atoms in total. The van der Waals surface area contributed by atoms with Gasteiger partial charge in [-0.15, -0.1) is 12.6 Å². The van der Waals surface area contributed by atoms with Crippen molar-refractivity contribution >= 4 is 24.5 Å². The maximum Gasteiger partial charge on any atom is 0.466 e. The van der Waals surface area contributed by atoms with Gasteiger partial charge in [0.05, 0.1) is 0 Å². The van der Waals surface area contributed by atoms with E-state index in [9.17, 15) is 31.5 Å². The second-order valence-corrected chi connectivity index (χ2v) is 6.70. The first-order valence-electron chi connectivity index (χ1n) is 7.79. The molecule has 1 atom stereocenters. The van der Waals surface area contributed by atoms with Crippen LogP contribution in [0.1, 0.15) is 39.0 Å². The van der Waals surface area contributed by atoms with Crippen LogP contribution in [-0.2, 0) is 19.1 Å². The Kier molecular flexibility index (Phi) is 7.46. The predicted octanol–water partition coefficient (Wildman–Crippen LogP) is 3.35. The molecule has 1 aliphatic carbocycles. The minimum absolute atomic E-state index is 0.414. The third-order valence-corrected chi connectivity index (χ3v) is 3.78. The van der Waals surface area contributed by atoms with Gasteiger partial charge in [0.1, 0.15) is 6.61 Å². The number of halogens is 5. The fourth-order valence-electron chi connectivity index (χ4n) is 2.34. The Hall–Kier alpha value is -1.36. The fourth-order valence-corrected chi connectivity index (χ4v) is 2.41. The fraction of sp³-hybridized carbons (Fsp3) is 0.733. The maximum absolute atomic E-state index is 13.6. The molecule has 0 aromatic carbocycles. The average molecular weight is 405 g/mol. The van der Waals surface area contributed by atoms with Crippen LogP contribution in [0.25, 0.3) is 0 Å². The van der Waals surface area contributed by atoms with E-state index in [1.54, 1.807) is 0 Å². The molecule has 0 heterocycles. The molecule has 0 saturated heterocycles. The quantitative estimate of drug-likeness (QED) is 0.224. The Labute approximate surface area is 152 Å². The molecule has 0 aromatic heterocycles. The number of carbonyl (C=O) groups excluding carboxylic acids is 2. The van der Waals surface area contributed by atoms with Crippen LogP contribution in [0.4, 0.5) is 22.0 Å². The highest BCUT2D eigenvalue weighted by atomic mass is 32.1. The van der Waals surface area contributed by atoms with E-state index in [1.165, 1.54) is 0 Å². The molecule has 0 aromatic rings. The van der Waals surface area contributed by atoms with E-state index in [2.05, 4.69) is 34.0 Å². The van der Waals surface area contributed by atoms with E-state index in [1.807, 2.05) is 0 Å². The lowest BCUT2D eigenvalue weighted by molar-refractivity contribution is -0.352. The first kappa shape index (κ1) is 22.7. The van der Waals surface area contributed by atoms with Crippen molar-refractivity contribution in [1.29, 1.82) is 0 Å². The Balaban J connectivity index is 3.18. The van der Waals surface area contributed by atoms with Gasteiger partial charge in [0.2, 0.25) is 0 Å². The van der Waals surface area contributed by atoms with E-state index in [-0.39, 0.29) is 0 Å². The molecular weight excluding hydrogens is 385 g/mol. The van der Waals surface area contributed by atoms with Gasteiger partial charge in [-0.2, -0.15) is 22.0 Å². The molecular formula is C15H20F5NO4S. The van der Waals surface area contributed by atoms with Crippen LogP contribution in [0.2, 0.25) is 0 Å². The molecule has 26 heavy (non-hydrogen) atoms. The van der Waals surface area contributed by atoms with E-state index in [0.717, 1.165) is 13.3 Å². The highest BCUT2D eigenvalue weighted by Gasteiger charge is 2.67. The standard InChI is InChI=1S/C15H20F5NO4S/c1-9(2)11(22)25-14(15(18,19)20,24-8-13(16,17)26)12(23)21-10-6-4-3-5-7-10/h10,26H,1,3-8H2,2H3,(H,21,23). The van der Waals surface area contributed by atoms with Crippen molar-refractivity contribution in [3.63, 3.8) is 0 Å². The summed E-state index contributed by atoms with van der Waals surface area (Å²) in [6.45, 7) is 2.24. The van der Waals surface area contributed by atoms with E-state index < -0.39 is 47.3 Å². The van der Waals surface area contributed by atoms with Crippen molar-refractivity contribution in [2.75, 3.05) is 6.61 Å². The highest BCUT2D eigenvalue weighted by molar-refractivity contribution is 7.81. The lowest BCUT2D eigenvalue weighted by Gasteiger charge is -2.35. The number of carbonyl (C=O) groups is 2. The molecule has 1 unspecified atom stereocenters. The second-order valence-electron chi connectivity index (χ2n) is 6.05. The van der Waals surface area contributed by atoms with Crippen molar-refractivity contribution in [3.8, 4) is 0 Å². The van der Waals surface area contributed by atoms with Gasteiger partial charge in [0, 0.05) is 11.6 Å². The van der Waals surface area contributed by atoms with E-state index >= 15 is 0 Å². The van der Waals surface area contributed by atoms with Gasteiger partial charge < -0.3 is 14.8 Å². The van der Waals surface area contributed by atoms with Gasteiger partial charge in [-0.25, -0.2) is 4.79 Å². The molecule has 1 N–H and O–H groups in total. The summed E-state index contributed by atoms with van der Waals surface area (Å²) in [6.07, 6.45) is -2.55. The summed E-state index contributed by atoms with van der Waals surface area (Å²) in [5.74, 6) is -7.71. The Morgan fingerprint density at radius 3 is 2.12 bits per heavy atom. The number of hydrogen-bond acceptors (Lipinski definition) is 5. The lowest BCUT2D eigenvalue weighted by Crippen LogP contribution is -2.63. The summed E-state index contributed by atoms with van der Waals surface area (Å²) in [7, 11) is 0. The van der Waals surface area contributed by atoms with Gasteiger partial charge in [-0.3, -0.25) is 4.79 Å². The van der Waals surface area contributed by atoms with Gasteiger partial charge in [-0.1, -0.05) is 25.8 Å². The summed E-state index contributed by atoms with van der Waals surface area (Å²) >= 11 is 2.78. The topological polar surface area (TPSA) is 64.6 Å². The van der Waals surface area contributed by atoms with Gasteiger partial charge in [0.15, 0.2) is 0 Å². The van der Waals surface area contributed by atoms with Crippen LogP contribution in [0.3, 0.4) is 0 Å². The highest BCUT2D eigenvalue weighted by Crippen LogP contribution is 2.38. The number of ether oxygens (including phenoxy) is 2. The third kappa shape index (κ3) is 6.11. The van der Waals surface area contributed by atoms with Gasteiger partial charge >= 0.3 is 29.1 Å². The number of hydrogen-bond donors (Lipinski definition) is 2. The molecule has 150 valence electrons. The zero-order valence-corrected chi connectivity index (χ0v) is 14.9. The first-order chi connectivity index (χ1) is 11.8. The zero-order chi connectivity index (χ0) is 20.2. The summed E-state index contributed by atoms with van der Waals surface area (Å²) in [5.41, 5.74) is -0.467. The summed E-state index contributed by atoms with van der Waals surface area (Å²) in [5, 5.41) is -1.90. The monoisotopic (exact) mass is 405 g/mol. The summed E-state index contributed by atoms with van der Waals surface area (Å²) in [4.78, 5) is 24.0. The number of amides is 1. The van der Waals surface area contributed by atoms with Crippen molar-refractivity contribution < 1.29 is 41.0 Å². The van der Waals surface area contributed by atoms with E-state index in [0.29, 0.717) is 25.7 Å². The van der Waals surface area contributed by atoms with Crippen LogP contribution in [0.5, 0.6) is 0 Å². The Morgan fingerprint density at radius 2 is 1.69 bits per heavy atom. The average Bonchev–Trinajstić information content (AvgIpc) is 2.49. The molecule has 11 heteroatoms. The summed E-state index contributed by atoms with van der Waals surface area (Å²) < 4.78 is 75.1. The number of nitrogens with one attached hydrogen (secondary N) is 1. The van der Waals surface area contributed by atoms with Crippen LogP contribution < -0.4 is 5.32 Å². The second kappa shape index (κ2) is 8.55. The molecule has 1 amide bonds. The largest absolute Gasteiger partial charge is 0.466 e. The maximum atomic E-state index is 13.6. The zero-order valence-electron chi connectivity index (χ0n) is 14.0. The molecule has 0 aliphatic heterocycles. The minimum atomic E-state index is -5.62. The Bertz CT molecular complexity index is 543. The number of rotatable bonds is 7.